The Labute approximate surface area is 118 Å². The zero-order chi connectivity index (χ0) is 14.2. The molecular weight excluding hydrogens is 256 g/mol. The Morgan fingerprint density at radius 2 is 2.00 bits per heavy atom. The highest BCUT2D eigenvalue weighted by Gasteiger charge is 2.29. The van der Waals surface area contributed by atoms with E-state index in [2.05, 4.69) is 20.8 Å². The molecule has 1 amide bonds. The van der Waals surface area contributed by atoms with Crippen molar-refractivity contribution in [2.45, 2.75) is 32.7 Å². The van der Waals surface area contributed by atoms with E-state index in [1.54, 1.807) is 4.90 Å². The van der Waals surface area contributed by atoms with Gasteiger partial charge in [0.2, 0.25) is 0 Å². The van der Waals surface area contributed by atoms with Crippen LogP contribution in [0.1, 0.15) is 36.9 Å². The number of amides is 1. The van der Waals surface area contributed by atoms with E-state index in [0.29, 0.717) is 10.6 Å². The molecule has 0 saturated heterocycles. The second-order valence-electron chi connectivity index (χ2n) is 5.37. The Kier molecular flexibility index (Phi) is 3.54. The molecule has 0 aliphatic carbocycles. The zero-order valence-electron chi connectivity index (χ0n) is 11.9. The lowest BCUT2D eigenvalue weighted by Crippen LogP contribution is -2.44. The lowest BCUT2D eigenvalue weighted by atomic mass is 9.99. The minimum atomic E-state index is -0.167. The molecule has 0 saturated carbocycles. The molecular formula is C15H20N2OS. The number of nitrogens with zero attached hydrogens (tertiary/aromatic N) is 1. The Bertz CT molecular complexity index is 616. The quantitative estimate of drug-likeness (QED) is 0.928. The summed E-state index contributed by atoms with van der Waals surface area (Å²) in [6.07, 6.45) is 0.903. The van der Waals surface area contributed by atoms with E-state index in [9.17, 15) is 4.79 Å². The SMILES string of the molecule is CCC(C)(C)N(C)C(=O)c1sc2ccccc2c1N. The van der Waals surface area contributed by atoms with Crippen molar-refractivity contribution in [1.82, 2.24) is 4.90 Å². The molecule has 0 bridgehead atoms. The van der Waals surface area contributed by atoms with Gasteiger partial charge in [-0.2, -0.15) is 0 Å². The van der Waals surface area contributed by atoms with Gasteiger partial charge in [-0.1, -0.05) is 25.1 Å². The predicted octanol–water partition coefficient (Wildman–Crippen LogP) is 3.74. The van der Waals surface area contributed by atoms with Gasteiger partial charge in [0, 0.05) is 22.7 Å². The Hall–Kier alpha value is -1.55. The van der Waals surface area contributed by atoms with Crippen LogP contribution in [0.4, 0.5) is 5.69 Å². The van der Waals surface area contributed by atoms with Gasteiger partial charge >= 0.3 is 0 Å². The Morgan fingerprint density at radius 1 is 1.37 bits per heavy atom. The standard InChI is InChI=1S/C15H20N2OS/c1-5-15(2,3)17(4)14(18)13-12(16)10-8-6-7-9-11(10)19-13/h6-9H,5,16H2,1-4H3. The summed E-state index contributed by atoms with van der Waals surface area (Å²) in [6.45, 7) is 6.21. The summed E-state index contributed by atoms with van der Waals surface area (Å²) >= 11 is 1.47. The number of thiophene rings is 1. The van der Waals surface area contributed by atoms with E-state index >= 15 is 0 Å². The average molecular weight is 276 g/mol. The van der Waals surface area contributed by atoms with Crippen molar-refractivity contribution in [3.8, 4) is 0 Å². The van der Waals surface area contributed by atoms with Crippen LogP contribution in [-0.4, -0.2) is 23.4 Å². The van der Waals surface area contributed by atoms with Gasteiger partial charge in [0.05, 0.1) is 5.69 Å². The first kappa shape index (κ1) is 13.9. The summed E-state index contributed by atoms with van der Waals surface area (Å²) in [6, 6.07) is 7.87. The first-order valence-electron chi connectivity index (χ1n) is 6.43. The monoisotopic (exact) mass is 276 g/mol. The molecule has 0 atom stereocenters. The van der Waals surface area contributed by atoms with Gasteiger partial charge in [-0.05, 0) is 26.3 Å². The smallest absolute Gasteiger partial charge is 0.266 e. The molecule has 1 aromatic heterocycles. The minimum Gasteiger partial charge on any atom is -0.397 e. The maximum atomic E-state index is 12.6. The van der Waals surface area contributed by atoms with Crippen LogP contribution in [0.2, 0.25) is 0 Å². The van der Waals surface area contributed by atoms with Crippen molar-refractivity contribution >= 4 is 33.0 Å². The van der Waals surface area contributed by atoms with E-state index in [4.69, 9.17) is 5.73 Å². The summed E-state index contributed by atoms with van der Waals surface area (Å²) < 4.78 is 1.06. The fourth-order valence-corrected chi connectivity index (χ4v) is 2.99. The number of benzene rings is 1. The number of fused-ring (bicyclic) bond motifs is 1. The number of nitrogen functional groups attached to an aromatic ring is 1. The van der Waals surface area contributed by atoms with E-state index in [0.717, 1.165) is 16.5 Å². The third-order valence-electron chi connectivity index (χ3n) is 3.91. The number of carbonyl (C=O) groups is 1. The topological polar surface area (TPSA) is 46.3 Å². The Morgan fingerprint density at radius 3 is 2.58 bits per heavy atom. The van der Waals surface area contributed by atoms with Crippen LogP contribution in [0.5, 0.6) is 0 Å². The van der Waals surface area contributed by atoms with Crippen LogP contribution in [0, 0.1) is 0 Å². The van der Waals surface area contributed by atoms with Crippen LogP contribution in [0.25, 0.3) is 10.1 Å². The van der Waals surface area contributed by atoms with Crippen molar-refractivity contribution in [1.29, 1.82) is 0 Å². The molecule has 2 N–H and O–H groups in total. The molecule has 0 aliphatic rings. The number of nitrogens with two attached hydrogens (primary N) is 1. The number of rotatable bonds is 3. The number of anilines is 1. The van der Waals surface area contributed by atoms with Crippen LogP contribution >= 0.6 is 11.3 Å². The first-order chi connectivity index (χ1) is 8.88. The summed E-state index contributed by atoms with van der Waals surface area (Å²) in [4.78, 5) is 15.0. The van der Waals surface area contributed by atoms with Crippen LogP contribution in [0.3, 0.4) is 0 Å². The summed E-state index contributed by atoms with van der Waals surface area (Å²) in [5.74, 6) is 0.00514. The molecule has 3 nitrogen and oxygen atoms in total. The van der Waals surface area contributed by atoms with Crippen LogP contribution in [0.15, 0.2) is 24.3 Å². The average Bonchev–Trinajstić information content (AvgIpc) is 2.75. The third kappa shape index (κ3) is 2.32. The molecule has 19 heavy (non-hydrogen) atoms. The van der Waals surface area contributed by atoms with Crippen LogP contribution in [-0.2, 0) is 0 Å². The molecule has 4 heteroatoms. The van der Waals surface area contributed by atoms with Gasteiger partial charge in [0.15, 0.2) is 0 Å². The molecule has 1 aromatic carbocycles. The molecule has 0 unspecified atom stereocenters. The van der Waals surface area contributed by atoms with Gasteiger partial charge in [-0.15, -0.1) is 11.3 Å². The Balaban J connectivity index is 2.45. The molecule has 0 fully saturated rings. The highest BCUT2D eigenvalue weighted by atomic mass is 32.1. The van der Waals surface area contributed by atoms with Gasteiger partial charge in [-0.3, -0.25) is 4.79 Å². The van der Waals surface area contributed by atoms with Crippen molar-refractivity contribution < 1.29 is 4.79 Å². The fraction of sp³-hybridized carbons (Fsp3) is 0.400. The maximum Gasteiger partial charge on any atom is 0.266 e. The van der Waals surface area contributed by atoms with E-state index in [-0.39, 0.29) is 11.4 Å². The normalized spacial score (nSPS) is 11.8. The zero-order valence-corrected chi connectivity index (χ0v) is 12.7. The summed E-state index contributed by atoms with van der Waals surface area (Å²) in [5, 5.41) is 0.971. The van der Waals surface area contributed by atoms with Gasteiger partial charge < -0.3 is 10.6 Å². The van der Waals surface area contributed by atoms with Crippen LogP contribution < -0.4 is 5.73 Å². The van der Waals surface area contributed by atoms with Gasteiger partial charge in [-0.25, -0.2) is 0 Å². The van der Waals surface area contributed by atoms with Gasteiger partial charge in [0.25, 0.3) is 5.91 Å². The largest absolute Gasteiger partial charge is 0.397 e. The van der Waals surface area contributed by atoms with E-state index in [1.807, 2.05) is 31.3 Å². The highest BCUT2D eigenvalue weighted by molar-refractivity contribution is 7.21. The first-order valence-corrected chi connectivity index (χ1v) is 7.25. The van der Waals surface area contributed by atoms with E-state index in [1.165, 1.54) is 11.3 Å². The number of carbonyl (C=O) groups excluding carboxylic acids is 1. The fourth-order valence-electron chi connectivity index (χ4n) is 1.89. The van der Waals surface area contributed by atoms with Crippen molar-refractivity contribution in [2.75, 3.05) is 12.8 Å². The molecule has 0 radical (unpaired) electrons. The van der Waals surface area contributed by atoms with E-state index < -0.39 is 0 Å². The number of hydrogen-bond acceptors (Lipinski definition) is 3. The third-order valence-corrected chi connectivity index (χ3v) is 5.08. The molecule has 2 rings (SSSR count). The molecule has 102 valence electrons. The summed E-state index contributed by atoms with van der Waals surface area (Å²) in [5.41, 5.74) is 6.56. The second kappa shape index (κ2) is 4.85. The lowest BCUT2D eigenvalue weighted by molar-refractivity contribution is 0.0626. The molecule has 0 spiro atoms. The maximum absolute atomic E-state index is 12.6. The van der Waals surface area contributed by atoms with Crippen molar-refractivity contribution in [3.63, 3.8) is 0 Å². The summed E-state index contributed by atoms with van der Waals surface area (Å²) in [7, 11) is 1.84. The lowest BCUT2D eigenvalue weighted by Gasteiger charge is -2.34. The molecule has 2 aromatic rings. The number of hydrogen-bond donors (Lipinski definition) is 1. The van der Waals surface area contributed by atoms with Crippen molar-refractivity contribution in [2.24, 2.45) is 0 Å². The second-order valence-corrected chi connectivity index (χ2v) is 6.42. The molecule has 0 aliphatic heterocycles. The highest BCUT2D eigenvalue weighted by Crippen LogP contribution is 2.35. The predicted molar refractivity (Wildman–Crippen MR) is 82.7 cm³/mol. The molecule has 1 heterocycles. The minimum absolute atomic E-state index is 0.00514. The van der Waals surface area contributed by atoms with Gasteiger partial charge in [0.1, 0.15) is 4.88 Å². The van der Waals surface area contributed by atoms with Crippen molar-refractivity contribution in [3.05, 3.63) is 29.1 Å².